The second kappa shape index (κ2) is 8.99. The van der Waals surface area contributed by atoms with E-state index in [2.05, 4.69) is 20.6 Å². The summed E-state index contributed by atoms with van der Waals surface area (Å²) < 4.78 is 5.63. The number of benzene rings is 2. The van der Waals surface area contributed by atoms with E-state index < -0.39 is 0 Å². The van der Waals surface area contributed by atoms with Gasteiger partial charge in [-0.05, 0) is 50.6 Å². The lowest BCUT2D eigenvalue weighted by Crippen LogP contribution is -2.24. The van der Waals surface area contributed by atoms with Crippen LogP contribution in [0.5, 0.6) is 5.75 Å². The minimum absolute atomic E-state index is 0.127. The van der Waals surface area contributed by atoms with Crippen LogP contribution in [0.3, 0.4) is 0 Å². The molecule has 0 aliphatic heterocycles. The number of hydrogen-bond donors (Lipinski definition) is 2. The fourth-order valence-corrected chi connectivity index (χ4v) is 2.57. The molecule has 0 atom stereocenters. The first-order chi connectivity index (χ1) is 13.5. The maximum Gasteiger partial charge on any atom is 0.270 e. The first kappa shape index (κ1) is 19.4. The summed E-state index contributed by atoms with van der Waals surface area (Å²) in [5.41, 5.74) is 3.38. The van der Waals surface area contributed by atoms with Crippen molar-refractivity contribution in [2.45, 2.75) is 33.4 Å². The molecule has 6 nitrogen and oxygen atoms in total. The lowest BCUT2D eigenvalue weighted by atomic mass is 10.1. The molecule has 0 saturated heterocycles. The van der Waals surface area contributed by atoms with Gasteiger partial charge in [-0.15, -0.1) is 0 Å². The SMILES string of the molecule is Cc1ccc(CNC(=O)c2cc(Nc3ccc(OC(C)C)cc3)ncn2)cc1. The van der Waals surface area contributed by atoms with E-state index in [-0.39, 0.29) is 12.0 Å². The van der Waals surface area contributed by atoms with Crippen molar-refractivity contribution >= 4 is 17.4 Å². The molecule has 0 radical (unpaired) electrons. The summed E-state index contributed by atoms with van der Waals surface area (Å²) in [4.78, 5) is 20.6. The van der Waals surface area contributed by atoms with Crippen molar-refractivity contribution in [3.05, 3.63) is 77.7 Å². The molecule has 28 heavy (non-hydrogen) atoms. The molecule has 2 N–H and O–H groups in total. The number of anilines is 2. The highest BCUT2D eigenvalue weighted by atomic mass is 16.5. The van der Waals surface area contributed by atoms with Crippen LogP contribution in [0, 0.1) is 6.92 Å². The molecule has 144 valence electrons. The summed E-state index contributed by atoms with van der Waals surface area (Å²) in [5.74, 6) is 1.11. The largest absolute Gasteiger partial charge is 0.491 e. The van der Waals surface area contributed by atoms with E-state index in [0.717, 1.165) is 17.0 Å². The Morgan fingerprint density at radius 3 is 2.43 bits per heavy atom. The molecule has 0 fully saturated rings. The molecule has 1 amide bonds. The molecule has 0 unspecified atom stereocenters. The molecule has 0 bridgehead atoms. The van der Waals surface area contributed by atoms with Gasteiger partial charge in [0.25, 0.3) is 5.91 Å². The monoisotopic (exact) mass is 376 g/mol. The van der Waals surface area contributed by atoms with Crippen molar-refractivity contribution in [1.29, 1.82) is 0 Å². The molecular weight excluding hydrogens is 352 g/mol. The summed E-state index contributed by atoms with van der Waals surface area (Å²) in [7, 11) is 0. The van der Waals surface area contributed by atoms with Crippen molar-refractivity contribution in [2.24, 2.45) is 0 Å². The van der Waals surface area contributed by atoms with E-state index in [1.807, 2.05) is 69.3 Å². The number of rotatable bonds is 7. The molecule has 2 aromatic carbocycles. The molecule has 3 rings (SSSR count). The fourth-order valence-electron chi connectivity index (χ4n) is 2.57. The average molecular weight is 376 g/mol. The molecule has 1 aromatic heterocycles. The molecule has 0 saturated carbocycles. The van der Waals surface area contributed by atoms with E-state index >= 15 is 0 Å². The van der Waals surface area contributed by atoms with E-state index in [0.29, 0.717) is 18.1 Å². The fraction of sp³-hybridized carbons (Fsp3) is 0.227. The van der Waals surface area contributed by atoms with Gasteiger partial charge in [-0.25, -0.2) is 9.97 Å². The Morgan fingerprint density at radius 2 is 1.75 bits per heavy atom. The number of amides is 1. The number of nitrogens with one attached hydrogen (secondary N) is 2. The summed E-state index contributed by atoms with van der Waals surface area (Å²) >= 11 is 0. The molecular formula is C22H24N4O2. The van der Waals surface area contributed by atoms with Crippen molar-refractivity contribution in [3.8, 4) is 5.75 Å². The number of aromatic nitrogens is 2. The Hall–Kier alpha value is -3.41. The van der Waals surface area contributed by atoms with E-state index in [4.69, 9.17) is 4.74 Å². The number of nitrogens with zero attached hydrogens (tertiary/aromatic N) is 2. The Balaban J connectivity index is 1.61. The third-order valence-electron chi connectivity index (χ3n) is 3.97. The van der Waals surface area contributed by atoms with E-state index in [1.165, 1.54) is 11.9 Å². The van der Waals surface area contributed by atoms with Crippen LogP contribution in [0.4, 0.5) is 11.5 Å². The molecule has 6 heteroatoms. The second-order valence-corrected chi connectivity index (χ2v) is 6.77. The van der Waals surface area contributed by atoms with Gasteiger partial charge in [-0.2, -0.15) is 0 Å². The lowest BCUT2D eigenvalue weighted by Gasteiger charge is -2.11. The highest BCUT2D eigenvalue weighted by molar-refractivity contribution is 5.92. The van der Waals surface area contributed by atoms with Crippen molar-refractivity contribution in [3.63, 3.8) is 0 Å². The van der Waals surface area contributed by atoms with E-state index in [1.54, 1.807) is 6.07 Å². The third-order valence-corrected chi connectivity index (χ3v) is 3.97. The Kier molecular flexibility index (Phi) is 6.22. The predicted molar refractivity (Wildman–Crippen MR) is 110 cm³/mol. The standard InChI is InChI=1S/C22H24N4O2/c1-15(2)28-19-10-8-18(9-11-19)26-21-12-20(24-14-25-21)22(27)23-13-17-6-4-16(3)5-7-17/h4-12,14-15H,13H2,1-3H3,(H,23,27)(H,24,25,26). The van der Waals surface area contributed by atoms with Gasteiger partial charge in [0.1, 0.15) is 23.6 Å². The second-order valence-electron chi connectivity index (χ2n) is 6.77. The Bertz CT molecular complexity index is 922. The zero-order chi connectivity index (χ0) is 19.9. The maximum atomic E-state index is 12.4. The number of hydrogen-bond acceptors (Lipinski definition) is 5. The minimum Gasteiger partial charge on any atom is -0.491 e. The molecule has 1 heterocycles. The minimum atomic E-state index is -0.244. The van der Waals surface area contributed by atoms with Crippen LogP contribution < -0.4 is 15.4 Å². The predicted octanol–water partition coefficient (Wildman–Crippen LogP) is 4.25. The van der Waals surface area contributed by atoms with Gasteiger partial charge in [0.05, 0.1) is 6.10 Å². The molecule has 0 aliphatic carbocycles. The van der Waals surface area contributed by atoms with E-state index in [9.17, 15) is 4.79 Å². The first-order valence-electron chi connectivity index (χ1n) is 9.19. The van der Waals surface area contributed by atoms with Crippen molar-refractivity contribution in [1.82, 2.24) is 15.3 Å². The number of carbonyl (C=O) groups is 1. The van der Waals surface area contributed by atoms with Crippen LogP contribution >= 0.6 is 0 Å². The zero-order valence-corrected chi connectivity index (χ0v) is 16.3. The summed E-state index contributed by atoms with van der Waals surface area (Å²) in [6.07, 6.45) is 1.50. The van der Waals surface area contributed by atoms with Crippen LogP contribution in [0.25, 0.3) is 0 Å². The first-order valence-corrected chi connectivity index (χ1v) is 9.19. The van der Waals surface area contributed by atoms with Gasteiger partial charge in [0.2, 0.25) is 0 Å². The summed E-state index contributed by atoms with van der Waals surface area (Å²) in [6, 6.07) is 17.2. The third kappa shape index (κ3) is 5.54. The number of ether oxygens (including phenoxy) is 1. The lowest BCUT2D eigenvalue weighted by molar-refractivity contribution is 0.0946. The highest BCUT2D eigenvalue weighted by Crippen LogP contribution is 2.20. The van der Waals surface area contributed by atoms with Crippen molar-refractivity contribution < 1.29 is 9.53 Å². The quantitative estimate of drug-likeness (QED) is 0.645. The Morgan fingerprint density at radius 1 is 1.04 bits per heavy atom. The topological polar surface area (TPSA) is 76.1 Å². The molecule has 0 spiro atoms. The van der Waals surface area contributed by atoms with Crippen molar-refractivity contribution in [2.75, 3.05) is 5.32 Å². The smallest absolute Gasteiger partial charge is 0.270 e. The maximum absolute atomic E-state index is 12.4. The van der Waals surface area contributed by atoms with Gasteiger partial charge in [-0.1, -0.05) is 29.8 Å². The molecule has 0 aliphatic rings. The number of carbonyl (C=O) groups excluding carboxylic acids is 1. The zero-order valence-electron chi connectivity index (χ0n) is 16.3. The summed E-state index contributed by atoms with van der Waals surface area (Å²) in [6.45, 7) is 6.45. The van der Waals surface area contributed by atoms with Gasteiger partial charge in [0, 0.05) is 18.3 Å². The summed E-state index contributed by atoms with van der Waals surface area (Å²) in [5, 5.41) is 6.05. The normalized spacial score (nSPS) is 10.6. The number of aryl methyl sites for hydroxylation is 1. The van der Waals surface area contributed by atoms with Gasteiger partial charge >= 0.3 is 0 Å². The van der Waals surface area contributed by atoms with Crippen LogP contribution in [-0.4, -0.2) is 22.0 Å². The van der Waals surface area contributed by atoms with Gasteiger partial charge in [-0.3, -0.25) is 4.79 Å². The average Bonchev–Trinajstić information content (AvgIpc) is 2.69. The highest BCUT2D eigenvalue weighted by Gasteiger charge is 2.09. The van der Waals surface area contributed by atoms with Crippen LogP contribution in [0.15, 0.2) is 60.9 Å². The van der Waals surface area contributed by atoms with Crippen LogP contribution in [0.2, 0.25) is 0 Å². The van der Waals surface area contributed by atoms with Crippen LogP contribution in [-0.2, 0) is 6.54 Å². The molecule has 3 aromatic rings. The van der Waals surface area contributed by atoms with Crippen LogP contribution in [0.1, 0.15) is 35.5 Å². The van der Waals surface area contributed by atoms with Gasteiger partial charge in [0.15, 0.2) is 0 Å². The Labute approximate surface area is 165 Å². The van der Waals surface area contributed by atoms with Gasteiger partial charge < -0.3 is 15.4 Å².